The molecule has 338 valence electrons. The van der Waals surface area contributed by atoms with Gasteiger partial charge < -0.3 is 60.2 Å². The van der Waals surface area contributed by atoms with Crippen molar-refractivity contribution in [1.29, 1.82) is 0 Å². The van der Waals surface area contributed by atoms with Crippen LogP contribution in [0.1, 0.15) is 97.3 Å². The fourth-order valence-corrected chi connectivity index (χ4v) is 10.2. The topological polar surface area (TPSA) is 210 Å². The highest BCUT2D eigenvalue weighted by Gasteiger charge is 2.49. The molecule has 0 fully saturated rings. The van der Waals surface area contributed by atoms with E-state index < -0.39 is 36.1 Å². The molecule has 0 amide bonds. The molecule has 3 aliphatic heterocycles. The first kappa shape index (κ1) is 41.8. The maximum absolute atomic E-state index is 11.8. The molecule has 0 spiro atoms. The molecule has 8 aromatic rings. The number of ether oxygens (including phenoxy) is 3. The van der Waals surface area contributed by atoms with E-state index in [-0.39, 0.29) is 51.7 Å². The molecule has 12 heteroatoms. The highest BCUT2D eigenvalue weighted by atomic mass is 16.5. The number of hydrogen-bond acceptors (Lipinski definition) is 12. The minimum Gasteiger partial charge on any atom is -0.508 e. The SMILES string of the molecule is Oc1ccc(/C=C/c2c3c(cc4c2[C@H](c2cc(O)cc5c2[C@H](c2cc(O)cc(O)c2)[C@@H](c2ccc(O)cc2)O5)[C@H](c2ccc(O)cc2)O4)O[C@H](c2ccc(O)cc2)[C@H]3c2cc(O)cc(O)c2)cc1. The Balaban J connectivity index is 1.21. The number of rotatable bonds is 8. The summed E-state index contributed by atoms with van der Waals surface area (Å²) < 4.78 is 20.8. The molecule has 12 nitrogen and oxygen atoms in total. The van der Waals surface area contributed by atoms with Crippen LogP contribution in [0, 0.1) is 0 Å². The Morgan fingerprint density at radius 2 is 0.647 bits per heavy atom. The van der Waals surface area contributed by atoms with Crippen LogP contribution in [0.4, 0.5) is 0 Å². The molecule has 3 aliphatic rings. The van der Waals surface area contributed by atoms with E-state index in [0.29, 0.717) is 72.9 Å². The zero-order valence-electron chi connectivity index (χ0n) is 35.8. The van der Waals surface area contributed by atoms with Gasteiger partial charge in [0.25, 0.3) is 0 Å². The van der Waals surface area contributed by atoms with Gasteiger partial charge in [0.05, 0.1) is 17.8 Å². The van der Waals surface area contributed by atoms with E-state index >= 15 is 0 Å². The van der Waals surface area contributed by atoms with Crippen molar-refractivity contribution in [2.75, 3.05) is 0 Å². The Labute approximate surface area is 389 Å². The zero-order valence-corrected chi connectivity index (χ0v) is 35.8. The molecule has 6 atom stereocenters. The number of fused-ring (bicyclic) bond motifs is 3. The van der Waals surface area contributed by atoms with Gasteiger partial charge in [-0.05, 0) is 123 Å². The normalized spacial score (nSPS) is 20.0. The van der Waals surface area contributed by atoms with E-state index in [4.69, 9.17) is 14.2 Å². The summed E-state index contributed by atoms with van der Waals surface area (Å²) in [4.78, 5) is 0. The fourth-order valence-electron chi connectivity index (χ4n) is 10.2. The van der Waals surface area contributed by atoms with Crippen molar-refractivity contribution in [3.63, 3.8) is 0 Å². The summed E-state index contributed by atoms with van der Waals surface area (Å²) in [6.07, 6.45) is 1.48. The Morgan fingerprint density at radius 3 is 1.09 bits per heavy atom. The van der Waals surface area contributed by atoms with Crippen molar-refractivity contribution in [1.82, 2.24) is 0 Å². The lowest BCUT2D eigenvalue weighted by atomic mass is 9.74. The van der Waals surface area contributed by atoms with Gasteiger partial charge in [-0.1, -0.05) is 60.7 Å². The van der Waals surface area contributed by atoms with Crippen LogP contribution in [0.15, 0.2) is 152 Å². The highest BCUT2D eigenvalue weighted by Crippen LogP contribution is 2.63. The third kappa shape index (κ3) is 7.37. The highest BCUT2D eigenvalue weighted by molar-refractivity contribution is 5.80. The molecule has 0 unspecified atom stereocenters. The molecule has 0 bridgehead atoms. The smallest absolute Gasteiger partial charge is 0.135 e. The van der Waals surface area contributed by atoms with Gasteiger partial charge in [-0.15, -0.1) is 0 Å². The van der Waals surface area contributed by atoms with Crippen LogP contribution in [0.2, 0.25) is 0 Å². The lowest BCUT2D eigenvalue weighted by Crippen LogP contribution is -2.17. The molecule has 68 heavy (non-hydrogen) atoms. The summed E-state index contributed by atoms with van der Waals surface area (Å²) >= 11 is 0. The molecule has 0 aromatic heterocycles. The Bertz CT molecular complexity index is 3230. The number of aromatic hydroxyl groups is 9. The molecule has 0 saturated heterocycles. The minimum absolute atomic E-state index is 0.0373. The summed E-state index contributed by atoms with van der Waals surface area (Å²) in [5, 5.41) is 96.9. The van der Waals surface area contributed by atoms with Crippen LogP contribution < -0.4 is 14.2 Å². The van der Waals surface area contributed by atoms with Gasteiger partial charge in [0.15, 0.2) is 0 Å². The van der Waals surface area contributed by atoms with Crippen molar-refractivity contribution < 1.29 is 60.2 Å². The minimum atomic E-state index is -0.818. The molecular weight excluding hydrogens is 865 g/mol. The van der Waals surface area contributed by atoms with Crippen molar-refractivity contribution in [3.8, 4) is 69.0 Å². The van der Waals surface area contributed by atoms with Crippen LogP contribution in [0.25, 0.3) is 12.2 Å². The lowest BCUT2D eigenvalue weighted by molar-refractivity contribution is 0.212. The van der Waals surface area contributed by atoms with Gasteiger partial charge in [-0.3, -0.25) is 0 Å². The Hall–Kier alpha value is -8.90. The fraction of sp³-hybridized carbons (Fsp3) is 0.107. The second-order valence-corrected chi connectivity index (χ2v) is 17.4. The van der Waals surface area contributed by atoms with Gasteiger partial charge in [0.1, 0.15) is 87.3 Å². The van der Waals surface area contributed by atoms with Crippen LogP contribution in [-0.4, -0.2) is 46.0 Å². The number of benzene rings is 8. The molecule has 8 aromatic carbocycles. The predicted molar refractivity (Wildman–Crippen MR) is 251 cm³/mol. The second kappa shape index (κ2) is 16.2. The van der Waals surface area contributed by atoms with Gasteiger partial charge in [0, 0.05) is 41.0 Å². The van der Waals surface area contributed by atoms with E-state index in [1.54, 1.807) is 127 Å². The first-order chi connectivity index (χ1) is 32.8. The summed E-state index contributed by atoms with van der Waals surface area (Å²) in [6.45, 7) is 0. The standard InChI is InChI=1S/C56H42O12/c57-34-10-1-28(2-11-34)3-18-43-50-46(67-54(29-4-12-35(58)13-5-29)48(50)32-19-38(61)23-39(62)20-32)27-47-51(43)53(56(68-47)31-8-16-37(60)17-9-31)44-25-42(65)26-45-52(44)49(33-21-40(63)24-41(64)22-33)55(66-45)30-6-14-36(59)15-7-30/h1-27,48-49,53-65H/b18-3+/t48-,49-,53-,54+,55+,56-/m0/s1. The summed E-state index contributed by atoms with van der Waals surface area (Å²) in [7, 11) is 0. The zero-order chi connectivity index (χ0) is 47.0. The molecule has 0 radical (unpaired) electrons. The molecule has 9 N–H and O–H groups in total. The van der Waals surface area contributed by atoms with E-state index in [1.807, 2.05) is 18.2 Å². The van der Waals surface area contributed by atoms with Gasteiger partial charge in [-0.25, -0.2) is 0 Å². The van der Waals surface area contributed by atoms with E-state index in [0.717, 1.165) is 5.56 Å². The van der Waals surface area contributed by atoms with E-state index in [2.05, 4.69) is 0 Å². The molecule has 0 aliphatic carbocycles. The maximum atomic E-state index is 11.8. The first-order valence-electron chi connectivity index (χ1n) is 21.8. The van der Waals surface area contributed by atoms with Crippen LogP contribution in [0.3, 0.4) is 0 Å². The number of hydrogen-bond donors (Lipinski definition) is 9. The molecule has 11 rings (SSSR count). The van der Waals surface area contributed by atoms with Gasteiger partial charge in [0.2, 0.25) is 0 Å². The van der Waals surface area contributed by atoms with Crippen molar-refractivity contribution in [2.45, 2.75) is 36.1 Å². The van der Waals surface area contributed by atoms with E-state index in [1.165, 1.54) is 18.2 Å². The van der Waals surface area contributed by atoms with Crippen molar-refractivity contribution in [2.24, 2.45) is 0 Å². The molecule has 3 heterocycles. The van der Waals surface area contributed by atoms with Gasteiger partial charge >= 0.3 is 0 Å². The monoisotopic (exact) mass is 906 g/mol. The van der Waals surface area contributed by atoms with Crippen molar-refractivity contribution >= 4 is 12.2 Å². The van der Waals surface area contributed by atoms with E-state index in [9.17, 15) is 46.0 Å². The van der Waals surface area contributed by atoms with Crippen LogP contribution in [-0.2, 0) is 0 Å². The lowest BCUT2D eigenvalue weighted by Gasteiger charge is -2.27. The van der Waals surface area contributed by atoms with Crippen LogP contribution >= 0.6 is 0 Å². The summed E-state index contributed by atoms with van der Waals surface area (Å²) in [5.41, 5.74) is 6.98. The number of phenolic OH excluding ortho intramolecular Hbond substituents is 9. The largest absolute Gasteiger partial charge is 0.508 e. The van der Waals surface area contributed by atoms with Crippen molar-refractivity contribution in [3.05, 3.63) is 213 Å². The second-order valence-electron chi connectivity index (χ2n) is 17.4. The quantitative estimate of drug-likeness (QED) is 0.0652. The van der Waals surface area contributed by atoms with Crippen LogP contribution in [0.5, 0.6) is 69.0 Å². The van der Waals surface area contributed by atoms with Gasteiger partial charge in [-0.2, -0.15) is 0 Å². The summed E-state index contributed by atoms with van der Waals surface area (Å²) in [5.74, 6) is -1.59. The third-order valence-electron chi connectivity index (χ3n) is 13.0. The summed E-state index contributed by atoms with van der Waals surface area (Å²) in [6, 6.07) is 40.2. The Morgan fingerprint density at radius 1 is 0.294 bits per heavy atom. The maximum Gasteiger partial charge on any atom is 0.135 e. The molecular formula is C56H42O12. The molecule has 0 saturated carbocycles. The Kier molecular flexibility index (Phi) is 9.96. The third-order valence-corrected chi connectivity index (χ3v) is 13.0. The first-order valence-corrected chi connectivity index (χ1v) is 21.8. The predicted octanol–water partition coefficient (Wildman–Crippen LogP) is 11.0. The average Bonchev–Trinajstić information content (AvgIpc) is 4.00. The number of phenols is 9. The average molecular weight is 907 g/mol.